The standard InChI is InChI=1S/C15H22N2O2/c1-3-11-10-17(8-7-14(11)16)15(18)12-5-4-6-13(9-12)19-2/h4-6,9,11,14H,3,7-8,10,16H2,1-2H3. The van der Waals surface area contributed by atoms with Crippen LogP contribution in [0.3, 0.4) is 0 Å². The third kappa shape index (κ3) is 3.07. The van der Waals surface area contributed by atoms with Gasteiger partial charge in [0.2, 0.25) is 0 Å². The van der Waals surface area contributed by atoms with Crippen LogP contribution in [0.15, 0.2) is 24.3 Å². The molecule has 2 N–H and O–H groups in total. The van der Waals surface area contributed by atoms with Gasteiger partial charge >= 0.3 is 0 Å². The van der Waals surface area contributed by atoms with Gasteiger partial charge in [0.25, 0.3) is 5.91 Å². The summed E-state index contributed by atoms with van der Waals surface area (Å²) in [7, 11) is 1.61. The Kier molecular flexibility index (Phi) is 4.43. The van der Waals surface area contributed by atoms with Crippen molar-refractivity contribution in [2.75, 3.05) is 20.2 Å². The minimum Gasteiger partial charge on any atom is -0.497 e. The molecular weight excluding hydrogens is 240 g/mol. The van der Waals surface area contributed by atoms with Crippen molar-refractivity contribution in [3.63, 3.8) is 0 Å². The van der Waals surface area contributed by atoms with E-state index in [4.69, 9.17) is 10.5 Å². The predicted molar refractivity (Wildman–Crippen MR) is 75.3 cm³/mol. The summed E-state index contributed by atoms with van der Waals surface area (Å²) in [5.74, 6) is 1.19. The smallest absolute Gasteiger partial charge is 0.253 e. The van der Waals surface area contributed by atoms with Crippen LogP contribution in [0.25, 0.3) is 0 Å². The Hall–Kier alpha value is -1.55. The van der Waals surface area contributed by atoms with Crippen LogP contribution in [0.5, 0.6) is 5.75 Å². The summed E-state index contributed by atoms with van der Waals surface area (Å²) in [5.41, 5.74) is 6.76. The molecule has 1 amide bonds. The van der Waals surface area contributed by atoms with Crippen LogP contribution in [-0.2, 0) is 0 Å². The second kappa shape index (κ2) is 6.06. The Morgan fingerprint density at radius 1 is 1.53 bits per heavy atom. The molecule has 1 heterocycles. The molecular formula is C15H22N2O2. The Morgan fingerprint density at radius 3 is 3.00 bits per heavy atom. The van der Waals surface area contributed by atoms with Gasteiger partial charge in [-0.15, -0.1) is 0 Å². The van der Waals surface area contributed by atoms with Crippen LogP contribution >= 0.6 is 0 Å². The van der Waals surface area contributed by atoms with Gasteiger partial charge in [-0.1, -0.05) is 19.4 Å². The minimum atomic E-state index is 0.0734. The number of benzene rings is 1. The fourth-order valence-corrected chi connectivity index (χ4v) is 2.61. The van der Waals surface area contributed by atoms with Crippen LogP contribution in [-0.4, -0.2) is 37.0 Å². The van der Waals surface area contributed by atoms with E-state index in [2.05, 4.69) is 6.92 Å². The van der Waals surface area contributed by atoms with Gasteiger partial charge in [-0.3, -0.25) is 4.79 Å². The summed E-state index contributed by atoms with van der Waals surface area (Å²) in [6.45, 7) is 3.63. The maximum atomic E-state index is 12.5. The number of carbonyl (C=O) groups is 1. The van der Waals surface area contributed by atoms with Gasteiger partial charge in [-0.2, -0.15) is 0 Å². The van der Waals surface area contributed by atoms with Crippen LogP contribution < -0.4 is 10.5 Å². The highest BCUT2D eigenvalue weighted by Gasteiger charge is 2.28. The van der Waals surface area contributed by atoms with E-state index in [-0.39, 0.29) is 11.9 Å². The van der Waals surface area contributed by atoms with E-state index in [0.29, 0.717) is 17.2 Å². The van der Waals surface area contributed by atoms with Crippen LogP contribution in [0.2, 0.25) is 0 Å². The molecule has 1 saturated heterocycles. The average Bonchev–Trinajstić information content (AvgIpc) is 2.47. The van der Waals surface area contributed by atoms with Crippen molar-refractivity contribution in [1.82, 2.24) is 4.90 Å². The van der Waals surface area contributed by atoms with E-state index in [9.17, 15) is 4.79 Å². The molecule has 1 aliphatic heterocycles. The predicted octanol–water partition coefficient (Wildman–Crippen LogP) is 1.89. The highest BCUT2D eigenvalue weighted by Crippen LogP contribution is 2.21. The lowest BCUT2D eigenvalue weighted by Crippen LogP contribution is -2.49. The molecule has 1 fully saturated rings. The van der Waals surface area contributed by atoms with Crippen LogP contribution in [0.1, 0.15) is 30.1 Å². The Bertz CT molecular complexity index is 448. The van der Waals surface area contributed by atoms with E-state index in [1.807, 2.05) is 23.1 Å². The van der Waals surface area contributed by atoms with E-state index in [1.54, 1.807) is 13.2 Å². The van der Waals surface area contributed by atoms with Gasteiger partial charge in [-0.25, -0.2) is 0 Å². The lowest BCUT2D eigenvalue weighted by molar-refractivity contribution is 0.0649. The maximum absolute atomic E-state index is 12.5. The molecule has 0 saturated carbocycles. The number of hydrogen-bond donors (Lipinski definition) is 1. The number of ether oxygens (including phenoxy) is 1. The zero-order valence-corrected chi connectivity index (χ0v) is 11.6. The third-order valence-electron chi connectivity index (χ3n) is 3.92. The van der Waals surface area contributed by atoms with Crippen molar-refractivity contribution in [1.29, 1.82) is 0 Å². The number of nitrogens with two attached hydrogens (primary N) is 1. The summed E-state index contributed by atoms with van der Waals surface area (Å²) >= 11 is 0. The largest absolute Gasteiger partial charge is 0.497 e. The normalized spacial score (nSPS) is 23.2. The Morgan fingerprint density at radius 2 is 2.32 bits per heavy atom. The second-order valence-corrected chi connectivity index (χ2v) is 5.10. The number of hydrogen-bond acceptors (Lipinski definition) is 3. The lowest BCUT2D eigenvalue weighted by atomic mass is 9.90. The van der Waals surface area contributed by atoms with E-state index in [0.717, 1.165) is 25.9 Å². The van der Waals surface area contributed by atoms with E-state index < -0.39 is 0 Å². The van der Waals surface area contributed by atoms with E-state index >= 15 is 0 Å². The zero-order chi connectivity index (χ0) is 13.8. The third-order valence-corrected chi connectivity index (χ3v) is 3.92. The lowest BCUT2D eigenvalue weighted by Gasteiger charge is -2.36. The van der Waals surface area contributed by atoms with Gasteiger partial charge in [0.1, 0.15) is 5.75 Å². The summed E-state index contributed by atoms with van der Waals surface area (Å²) in [4.78, 5) is 14.4. The average molecular weight is 262 g/mol. The molecule has 2 rings (SSSR count). The Balaban J connectivity index is 2.10. The number of carbonyl (C=O) groups excluding carboxylic acids is 1. The molecule has 104 valence electrons. The SMILES string of the molecule is CCC1CN(C(=O)c2cccc(OC)c2)CCC1N. The molecule has 0 bridgehead atoms. The van der Waals surface area contributed by atoms with Crippen molar-refractivity contribution in [2.24, 2.45) is 11.7 Å². The van der Waals surface area contributed by atoms with Crippen LogP contribution in [0, 0.1) is 5.92 Å². The van der Waals surface area contributed by atoms with Crippen molar-refractivity contribution >= 4 is 5.91 Å². The van der Waals surface area contributed by atoms with Gasteiger partial charge in [0, 0.05) is 24.7 Å². The topological polar surface area (TPSA) is 55.6 Å². The van der Waals surface area contributed by atoms with Gasteiger partial charge in [0.15, 0.2) is 0 Å². The second-order valence-electron chi connectivity index (χ2n) is 5.10. The van der Waals surface area contributed by atoms with Crippen molar-refractivity contribution < 1.29 is 9.53 Å². The van der Waals surface area contributed by atoms with Crippen molar-refractivity contribution in [3.05, 3.63) is 29.8 Å². The van der Waals surface area contributed by atoms with Gasteiger partial charge in [-0.05, 0) is 30.5 Å². The monoisotopic (exact) mass is 262 g/mol. The maximum Gasteiger partial charge on any atom is 0.253 e. The fraction of sp³-hybridized carbons (Fsp3) is 0.533. The fourth-order valence-electron chi connectivity index (χ4n) is 2.61. The number of methoxy groups -OCH3 is 1. The number of amides is 1. The van der Waals surface area contributed by atoms with Crippen LogP contribution in [0.4, 0.5) is 0 Å². The first-order valence-electron chi connectivity index (χ1n) is 6.84. The molecule has 1 aromatic rings. The number of rotatable bonds is 3. The molecule has 0 radical (unpaired) electrons. The first kappa shape index (κ1) is 13.9. The zero-order valence-electron chi connectivity index (χ0n) is 11.6. The summed E-state index contributed by atoms with van der Waals surface area (Å²) in [6.07, 6.45) is 1.90. The van der Waals surface area contributed by atoms with Gasteiger partial charge < -0.3 is 15.4 Å². The molecule has 1 aromatic carbocycles. The number of likely N-dealkylation sites (tertiary alicyclic amines) is 1. The molecule has 19 heavy (non-hydrogen) atoms. The minimum absolute atomic E-state index is 0.0734. The molecule has 2 unspecified atom stereocenters. The summed E-state index contributed by atoms with van der Waals surface area (Å²) in [6, 6.07) is 7.54. The highest BCUT2D eigenvalue weighted by atomic mass is 16.5. The quantitative estimate of drug-likeness (QED) is 0.905. The molecule has 1 aliphatic rings. The first-order valence-corrected chi connectivity index (χ1v) is 6.84. The molecule has 0 spiro atoms. The molecule has 0 aromatic heterocycles. The summed E-state index contributed by atoms with van der Waals surface area (Å²) < 4.78 is 5.16. The van der Waals surface area contributed by atoms with E-state index in [1.165, 1.54) is 0 Å². The molecule has 4 heteroatoms. The highest BCUT2D eigenvalue weighted by molar-refractivity contribution is 5.94. The summed E-state index contributed by atoms with van der Waals surface area (Å²) in [5, 5.41) is 0. The van der Waals surface area contributed by atoms with Crippen molar-refractivity contribution in [2.45, 2.75) is 25.8 Å². The molecule has 4 nitrogen and oxygen atoms in total. The molecule has 0 aliphatic carbocycles. The number of piperidine rings is 1. The first-order chi connectivity index (χ1) is 9.15. The molecule has 2 atom stereocenters. The van der Waals surface area contributed by atoms with Gasteiger partial charge in [0.05, 0.1) is 7.11 Å². The van der Waals surface area contributed by atoms with Crippen molar-refractivity contribution in [3.8, 4) is 5.75 Å². The number of nitrogens with zero attached hydrogens (tertiary/aromatic N) is 1. The Labute approximate surface area is 114 Å².